The molecule has 1 radical (unpaired) electrons. The molecule has 0 unspecified atom stereocenters. The topological polar surface area (TPSA) is 0 Å². The van der Waals surface area contributed by atoms with Gasteiger partial charge in [0.15, 0.2) is 0 Å². The van der Waals surface area contributed by atoms with Gasteiger partial charge < -0.3 is 0 Å². The van der Waals surface area contributed by atoms with Crippen molar-refractivity contribution in [1.82, 2.24) is 0 Å². The van der Waals surface area contributed by atoms with Crippen LogP contribution < -0.4 is 4.46 Å². The first-order valence-electron chi connectivity index (χ1n) is 7.10. The Kier molecular flexibility index (Phi) is 3.96. The van der Waals surface area contributed by atoms with Gasteiger partial charge in [-0.15, -0.1) is 0 Å². The van der Waals surface area contributed by atoms with Gasteiger partial charge in [0.05, 0.1) is 0 Å². The molecule has 0 aromatic heterocycles. The molecule has 0 saturated heterocycles. The Hall–Kier alpha value is -1.82. The van der Waals surface area contributed by atoms with Crippen LogP contribution >= 0.6 is 0 Å². The third-order valence-corrected chi connectivity index (χ3v) is 4.84. The van der Waals surface area contributed by atoms with Crippen LogP contribution in [0.2, 0.25) is 0 Å². The standard InChI is InChI=1S/C20H17Se/c1-14-18(16-9-5-3-6-10-16)13-19(21)15(2)20(14)17-11-7-4-8-12-17/h3-13H,1-2H3. The van der Waals surface area contributed by atoms with Gasteiger partial charge in [0.2, 0.25) is 0 Å². The SMILES string of the molecule is Cc1c([Se])cc(-c2ccccc2)c(C)c1-c1ccccc1. The fraction of sp³-hybridized carbons (Fsp3) is 0.100. The summed E-state index contributed by atoms with van der Waals surface area (Å²) in [4.78, 5) is 0. The van der Waals surface area contributed by atoms with Crippen LogP contribution in [-0.4, -0.2) is 16.0 Å². The van der Waals surface area contributed by atoms with Gasteiger partial charge in [0.25, 0.3) is 0 Å². The molecular weight excluding hydrogens is 319 g/mol. The van der Waals surface area contributed by atoms with Crippen molar-refractivity contribution in [2.75, 3.05) is 0 Å². The van der Waals surface area contributed by atoms with Crippen LogP contribution in [0.1, 0.15) is 11.1 Å². The predicted octanol–water partition coefficient (Wildman–Crippen LogP) is 4.43. The van der Waals surface area contributed by atoms with Gasteiger partial charge >= 0.3 is 134 Å². The molecule has 0 nitrogen and oxygen atoms in total. The molecule has 0 amide bonds. The van der Waals surface area contributed by atoms with Crippen LogP contribution in [-0.2, 0) is 0 Å². The summed E-state index contributed by atoms with van der Waals surface area (Å²) in [6, 6.07) is 23.5. The molecule has 0 aliphatic carbocycles. The van der Waals surface area contributed by atoms with E-state index in [0.717, 1.165) is 0 Å². The zero-order valence-electron chi connectivity index (χ0n) is 12.3. The summed E-state index contributed by atoms with van der Waals surface area (Å²) in [6.07, 6.45) is 0. The second kappa shape index (κ2) is 5.89. The van der Waals surface area contributed by atoms with E-state index in [0.29, 0.717) is 0 Å². The monoisotopic (exact) mass is 337 g/mol. The van der Waals surface area contributed by atoms with Gasteiger partial charge in [0.1, 0.15) is 0 Å². The number of benzene rings is 3. The Bertz CT molecular complexity index is 759. The first-order chi connectivity index (χ1) is 10.2. The quantitative estimate of drug-likeness (QED) is 0.607. The van der Waals surface area contributed by atoms with Crippen LogP contribution in [0.3, 0.4) is 0 Å². The van der Waals surface area contributed by atoms with Gasteiger partial charge in [-0.05, 0) is 0 Å². The van der Waals surface area contributed by atoms with Crippen molar-refractivity contribution >= 4 is 20.5 Å². The maximum atomic E-state index is 3.22. The predicted molar refractivity (Wildman–Crippen MR) is 92.2 cm³/mol. The first kappa shape index (κ1) is 14.1. The maximum absolute atomic E-state index is 3.22. The summed E-state index contributed by atoms with van der Waals surface area (Å²) in [5.74, 6) is 0. The zero-order chi connectivity index (χ0) is 14.8. The number of hydrogen-bond donors (Lipinski definition) is 0. The van der Waals surface area contributed by atoms with Crippen molar-refractivity contribution in [3.63, 3.8) is 0 Å². The Labute approximate surface area is 134 Å². The second-order valence-electron chi connectivity index (χ2n) is 5.28. The van der Waals surface area contributed by atoms with Gasteiger partial charge in [-0.1, -0.05) is 0 Å². The van der Waals surface area contributed by atoms with Crippen molar-refractivity contribution in [3.8, 4) is 22.3 Å². The summed E-state index contributed by atoms with van der Waals surface area (Å²) in [5, 5.41) is 0. The molecule has 0 heterocycles. The molecule has 3 aromatic rings. The van der Waals surface area contributed by atoms with Gasteiger partial charge in [-0.3, -0.25) is 0 Å². The molecule has 0 bridgehead atoms. The van der Waals surface area contributed by atoms with Gasteiger partial charge in [-0.25, -0.2) is 0 Å². The van der Waals surface area contributed by atoms with E-state index in [9.17, 15) is 0 Å². The van der Waals surface area contributed by atoms with Crippen molar-refractivity contribution in [2.45, 2.75) is 13.8 Å². The summed E-state index contributed by atoms with van der Waals surface area (Å²) >= 11 is 3.22. The van der Waals surface area contributed by atoms with Crippen molar-refractivity contribution < 1.29 is 0 Å². The normalized spacial score (nSPS) is 10.6. The third-order valence-electron chi connectivity index (χ3n) is 3.95. The van der Waals surface area contributed by atoms with E-state index < -0.39 is 0 Å². The fourth-order valence-electron chi connectivity index (χ4n) is 2.84. The summed E-state index contributed by atoms with van der Waals surface area (Å²) in [6.45, 7) is 4.41. The van der Waals surface area contributed by atoms with E-state index in [1.165, 1.54) is 37.8 Å². The molecule has 3 aromatic carbocycles. The molecule has 0 aliphatic rings. The van der Waals surface area contributed by atoms with Crippen LogP contribution in [0.25, 0.3) is 22.3 Å². The average molecular weight is 336 g/mol. The Morgan fingerprint density at radius 2 is 1.19 bits per heavy atom. The zero-order valence-corrected chi connectivity index (χ0v) is 14.0. The summed E-state index contributed by atoms with van der Waals surface area (Å²) < 4.78 is 1.22. The molecule has 0 fully saturated rings. The van der Waals surface area contributed by atoms with E-state index >= 15 is 0 Å². The summed E-state index contributed by atoms with van der Waals surface area (Å²) in [7, 11) is 0. The third kappa shape index (κ3) is 2.67. The molecule has 0 saturated carbocycles. The molecule has 0 atom stereocenters. The van der Waals surface area contributed by atoms with Crippen LogP contribution in [0.15, 0.2) is 66.7 Å². The minimum absolute atomic E-state index is 1.22. The first-order valence-corrected chi connectivity index (χ1v) is 7.96. The molecule has 21 heavy (non-hydrogen) atoms. The molecule has 0 aliphatic heterocycles. The molecule has 103 valence electrons. The Balaban J connectivity index is 2.29. The van der Waals surface area contributed by atoms with Gasteiger partial charge in [-0.2, -0.15) is 0 Å². The van der Waals surface area contributed by atoms with E-state index in [2.05, 4.69) is 96.6 Å². The van der Waals surface area contributed by atoms with E-state index in [-0.39, 0.29) is 0 Å². The van der Waals surface area contributed by atoms with E-state index in [4.69, 9.17) is 0 Å². The number of hydrogen-bond acceptors (Lipinski definition) is 0. The molecule has 0 N–H and O–H groups in total. The average Bonchev–Trinajstić information content (AvgIpc) is 2.53. The molecule has 0 spiro atoms. The van der Waals surface area contributed by atoms with Crippen LogP contribution in [0.5, 0.6) is 0 Å². The van der Waals surface area contributed by atoms with E-state index in [1.807, 2.05) is 0 Å². The van der Waals surface area contributed by atoms with Crippen LogP contribution in [0, 0.1) is 13.8 Å². The number of rotatable bonds is 2. The van der Waals surface area contributed by atoms with Crippen molar-refractivity contribution in [1.29, 1.82) is 0 Å². The van der Waals surface area contributed by atoms with E-state index in [1.54, 1.807) is 0 Å². The van der Waals surface area contributed by atoms with Crippen LogP contribution in [0.4, 0.5) is 0 Å². The fourth-order valence-corrected chi connectivity index (χ4v) is 3.30. The second-order valence-corrected chi connectivity index (χ2v) is 6.20. The van der Waals surface area contributed by atoms with Gasteiger partial charge in [0, 0.05) is 0 Å². The Morgan fingerprint density at radius 3 is 1.76 bits per heavy atom. The summed E-state index contributed by atoms with van der Waals surface area (Å²) in [5.41, 5.74) is 7.84. The van der Waals surface area contributed by atoms with Crippen molar-refractivity contribution in [3.05, 3.63) is 77.9 Å². The molecule has 1 heteroatoms. The minimum atomic E-state index is 1.22. The van der Waals surface area contributed by atoms with Crippen molar-refractivity contribution in [2.24, 2.45) is 0 Å². The Morgan fingerprint density at radius 1 is 0.667 bits per heavy atom. The molecular formula is C20H17Se. The molecule has 3 rings (SSSR count).